The first-order valence-corrected chi connectivity index (χ1v) is 12.3. The number of benzene rings is 3. The summed E-state index contributed by atoms with van der Waals surface area (Å²) >= 11 is 0. The molecule has 3 aromatic rings. The van der Waals surface area contributed by atoms with Crippen LogP contribution in [-0.2, 0) is 13.0 Å². The summed E-state index contributed by atoms with van der Waals surface area (Å²) in [5.41, 5.74) is 6.83. The molecule has 5 nitrogen and oxygen atoms in total. The summed E-state index contributed by atoms with van der Waals surface area (Å²) in [6, 6.07) is 22.1. The quantitative estimate of drug-likeness (QED) is 0.495. The van der Waals surface area contributed by atoms with Gasteiger partial charge in [-0.15, -0.1) is 0 Å². The monoisotopic (exact) mass is 457 g/mol. The molecule has 0 bridgehead atoms. The second-order valence-electron chi connectivity index (χ2n) is 8.95. The van der Waals surface area contributed by atoms with Gasteiger partial charge in [-0.05, 0) is 71.5 Å². The number of nitrogens with one attached hydrogen (secondary N) is 1. The molecule has 0 atom stereocenters. The molecule has 1 aliphatic rings. The highest BCUT2D eigenvalue weighted by Gasteiger charge is 2.19. The SMILES string of the molecule is CCCNC(=O)c1ccc(N2CCN(Cc3ccc(-c4cccc(O)c4)cc3CC)CC2)cc1. The van der Waals surface area contributed by atoms with Crippen LogP contribution in [0, 0.1) is 0 Å². The van der Waals surface area contributed by atoms with Gasteiger partial charge in [-0.3, -0.25) is 9.69 Å². The molecule has 3 aromatic carbocycles. The predicted molar refractivity (Wildman–Crippen MR) is 139 cm³/mol. The highest BCUT2D eigenvalue weighted by Crippen LogP contribution is 2.27. The second kappa shape index (κ2) is 11.2. The highest BCUT2D eigenvalue weighted by molar-refractivity contribution is 5.94. The van der Waals surface area contributed by atoms with Crippen molar-refractivity contribution in [3.63, 3.8) is 0 Å². The number of aryl methyl sites for hydroxylation is 1. The van der Waals surface area contributed by atoms with Gasteiger partial charge in [0.25, 0.3) is 5.91 Å². The lowest BCUT2D eigenvalue weighted by atomic mass is 9.97. The van der Waals surface area contributed by atoms with Gasteiger partial charge in [-0.25, -0.2) is 0 Å². The topological polar surface area (TPSA) is 55.8 Å². The number of rotatable bonds is 8. The van der Waals surface area contributed by atoms with Crippen molar-refractivity contribution in [1.82, 2.24) is 10.2 Å². The van der Waals surface area contributed by atoms with Crippen LogP contribution in [0.15, 0.2) is 66.7 Å². The minimum atomic E-state index is 0.0000294. The average molecular weight is 458 g/mol. The van der Waals surface area contributed by atoms with Crippen LogP contribution in [0.1, 0.15) is 41.8 Å². The third kappa shape index (κ3) is 5.78. The van der Waals surface area contributed by atoms with E-state index in [1.165, 1.54) is 16.8 Å². The molecule has 0 aromatic heterocycles. The van der Waals surface area contributed by atoms with Crippen molar-refractivity contribution in [2.24, 2.45) is 0 Å². The number of hydrogen-bond acceptors (Lipinski definition) is 4. The summed E-state index contributed by atoms with van der Waals surface area (Å²) in [5.74, 6) is 0.298. The fourth-order valence-corrected chi connectivity index (χ4v) is 4.54. The Balaban J connectivity index is 1.35. The zero-order chi connectivity index (χ0) is 23.9. The predicted octanol–water partition coefficient (Wildman–Crippen LogP) is 5.08. The molecule has 4 rings (SSSR count). The van der Waals surface area contributed by atoms with E-state index in [0.29, 0.717) is 12.3 Å². The maximum atomic E-state index is 12.1. The molecule has 0 spiro atoms. The molecule has 0 radical (unpaired) electrons. The number of aromatic hydroxyl groups is 1. The summed E-state index contributed by atoms with van der Waals surface area (Å²) in [6.07, 6.45) is 1.93. The van der Waals surface area contributed by atoms with Crippen LogP contribution >= 0.6 is 0 Å². The van der Waals surface area contributed by atoms with Crippen LogP contribution < -0.4 is 10.2 Å². The number of carbonyl (C=O) groups excluding carboxylic acids is 1. The molecule has 1 saturated heterocycles. The number of hydrogen-bond donors (Lipinski definition) is 2. The fourth-order valence-electron chi connectivity index (χ4n) is 4.54. The van der Waals surface area contributed by atoms with E-state index in [4.69, 9.17) is 0 Å². The van der Waals surface area contributed by atoms with E-state index in [0.717, 1.165) is 62.3 Å². The van der Waals surface area contributed by atoms with Gasteiger partial charge < -0.3 is 15.3 Å². The van der Waals surface area contributed by atoms with Gasteiger partial charge in [-0.2, -0.15) is 0 Å². The summed E-state index contributed by atoms with van der Waals surface area (Å²) < 4.78 is 0. The molecule has 0 unspecified atom stereocenters. The summed E-state index contributed by atoms with van der Waals surface area (Å²) in [7, 11) is 0. The third-order valence-corrected chi connectivity index (χ3v) is 6.56. The molecule has 1 aliphatic heterocycles. The van der Waals surface area contributed by atoms with Gasteiger partial charge >= 0.3 is 0 Å². The molecule has 1 fully saturated rings. The summed E-state index contributed by atoms with van der Waals surface area (Å²) in [6.45, 7) is 9.89. The number of phenols is 1. The number of piperazine rings is 1. The number of nitrogens with zero attached hydrogens (tertiary/aromatic N) is 2. The van der Waals surface area contributed by atoms with Crippen LogP contribution in [0.5, 0.6) is 5.75 Å². The van der Waals surface area contributed by atoms with E-state index in [9.17, 15) is 9.90 Å². The standard InChI is InChI=1S/C29H35N3O2/c1-3-14-30-29(34)23-10-12-27(13-11-23)32-17-15-31(16-18-32)21-26-9-8-25(19-22(26)4-2)24-6-5-7-28(33)20-24/h5-13,19-20,33H,3-4,14-18,21H2,1-2H3,(H,30,34). The van der Waals surface area contributed by atoms with Gasteiger partial charge in [0.05, 0.1) is 0 Å². The molecule has 34 heavy (non-hydrogen) atoms. The average Bonchev–Trinajstić information content (AvgIpc) is 2.88. The lowest BCUT2D eigenvalue weighted by Crippen LogP contribution is -2.46. The van der Waals surface area contributed by atoms with Crippen LogP contribution in [0.25, 0.3) is 11.1 Å². The number of anilines is 1. The van der Waals surface area contributed by atoms with Gasteiger partial charge in [0.15, 0.2) is 0 Å². The Hall–Kier alpha value is -3.31. The van der Waals surface area contributed by atoms with Crippen molar-refractivity contribution in [3.8, 4) is 16.9 Å². The summed E-state index contributed by atoms with van der Waals surface area (Å²) in [5, 5.41) is 12.7. The van der Waals surface area contributed by atoms with Crippen molar-refractivity contribution < 1.29 is 9.90 Å². The molecule has 1 heterocycles. The van der Waals surface area contributed by atoms with Gasteiger partial charge in [-0.1, -0.05) is 44.2 Å². The smallest absolute Gasteiger partial charge is 0.251 e. The molecular formula is C29H35N3O2. The number of amides is 1. The number of carbonyl (C=O) groups is 1. The van der Waals surface area contributed by atoms with Gasteiger partial charge in [0.1, 0.15) is 5.75 Å². The van der Waals surface area contributed by atoms with Gasteiger partial charge in [0, 0.05) is 50.5 Å². The Morgan fingerprint density at radius 1 is 0.882 bits per heavy atom. The van der Waals surface area contributed by atoms with Crippen LogP contribution in [0.2, 0.25) is 0 Å². The van der Waals surface area contributed by atoms with Crippen molar-refractivity contribution in [3.05, 3.63) is 83.4 Å². The largest absolute Gasteiger partial charge is 0.508 e. The molecule has 2 N–H and O–H groups in total. The Kier molecular flexibility index (Phi) is 7.86. The highest BCUT2D eigenvalue weighted by atomic mass is 16.3. The van der Waals surface area contributed by atoms with E-state index in [2.05, 4.69) is 59.3 Å². The summed E-state index contributed by atoms with van der Waals surface area (Å²) in [4.78, 5) is 17.1. The van der Waals surface area contributed by atoms with Crippen molar-refractivity contribution >= 4 is 11.6 Å². The lowest BCUT2D eigenvalue weighted by molar-refractivity contribution is 0.0953. The van der Waals surface area contributed by atoms with E-state index in [1.807, 2.05) is 30.3 Å². The minimum Gasteiger partial charge on any atom is -0.508 e. The molecular weight excluding hydrogens is 422 g/mol. The second-order valence-corrected chi connectivity index (χ2v) is 8.95. The molecule has 0 saturated carbocycles. The normalized spacial score (nSPS) is 14.2. The first kappa shape index (κ1) is 23.8. The van der Waals surface area contributed by atoms with Crippen LogP contribution in [-0.4, -0.2) is 48.6 Å². The maximum Gasteiger partial charge on any atom is 0.251 e. The lowest BCUT2D eigenvalue weighted by Gasteiger charge is -2.36. The first-order chi connectivity index (χ1) is 16.6. The zero-order valence-electron chi connectivity index (χ0n) is 20.3. The van der Waals surface area contributed by atoms with E-state index >= 15 is 0 Å². The maximum absolute atomic E-state index is 12.1. The fraction of sp³-hybridized carbons (Fsp3) is 0.345. The third-order valence-electron chi connectivity index (χ3n) is 6.56. The minimum absolute atomic E-state index is 0.0000294. The van der Waals surface area contributed by atoms with Crippen LogP contribution in [0.3, 0.4) is 0 Å². The van der Waals surface area contributed by atoms with E-state index < -0.39 is 0 Å². The van der Waals surface area contributed by atoms with Crippen LogP contribution in [0.4, 0.5) is 5.69 Å². The molecule has 5 heteroatoms. The van der Waals surface area contributed by atoms with Gasteiger partial charge in [0.2, 0.25) is 0 Å². The molecule has 0 aliphatic carbocycles. The van der Waals surface area contributed by atoms with E-state index in [1.54, 1.807) is 6.07 Å². The van der Waals surface area contributed by atoms with E-state index in [-0.39, 0.29) is 5.91 Å². The van der Waals surface area contributed by atoms with Crippen molar-refractivity contribution in [2.45, 2.75) is 33.2 Å². The Labute approximate surface area is 203 Å². The van der Waals surface area contributed by atoms with Crippen molar-refractivity contribution in [2.75, 3.05) is 37.6 Å². The molecule has 1 amide bonds. The zero-order valence-corrected chi connectivity index (χ0v) is 20.3. The molecule has 178 valence electrons. The Bertz CT molecular complexity index is 1100. The van der Waals surface area contributed by atoms with Crippen molar-refractivity contribution in [1.29, 1.82) is 0 Å². The Morgan fingerprint density at radius 2 is 1.62 bits per heavy atom. The number of phenolic OH excluding ortho intramolecular Hbond substituents is 1. The first-order valence-electron chi connectivity index (χ1n) is 12.3. The Morgan fingerprint density at radius 3 is 2.29 bits per heavy atom.